The van der Waals surface area contributed by atoms with E-state index >= 15 is 0 Å². The van der Waals surface area contributed by atoms with Gasteiger partial charge in [0.05, 0.1) is 24.4 Å². The Labute approximate surface area is 96.2 Å². The Balaban J connectivity index is 1.79. The molecule has 16 heavy (non-hydrogen) atoms. The summed E-state index contributed by atoms with van der Waals surface area (Å²) in [4.78, 5) is 0. The van der Waals surface area contributed by atoms with E-state index in [2.05, 4.69) is 6.92 Å². The zero-order valence-corrected chi connectivity index (χ0v) is 9.75. The standard InChI is InChI=1S/C12H22O4/c1-2-3-8-6-11(15)12(16-8)10(14)5-7-4-9(7)13/h7-15H,2-6H2,1H3/t7-,8+,9+,10?,11+,12-/m0/s1. The van der Waals surface area contributed by atoms with E-state index in [4.69, 9.17) is 4.74 Å². The molecule has 94 valence electrons. The van der Waals surface area contributed by atoms with Crippen LogP contribution in [0.25, 0.3) is 0 Å². The van der Waals surface area contributed by atoms with E-state index in [0.29, 0.717) is 12.8 Å². The molecule has 1 saturated heterocycles. The van der Waals surface area contributed by atoms with Gasteiger partial charge in [-0.05, 0) is 25.2 Å². The van der Waals surface area contributed by atoms with E-state index in [-0.39, 0.29) is 18.1 Å². The minimum atomic E-state index is -0.640. The Bertz CT molecular complexity index is 233. The van der Waals surface area contributed by atoms with Crippen molar-refractivity contribution in [2.75, 3.05) is 0 Å². The quantitative estimate of drug-likeness (QED) is 0.641. The van der Waals surface area contributed by atoms with Gasteiger partial charge in [0.15, 0.2) is 0 Å². The van der Waals surface area contributed by atoms with Gasteiger partial charge in [0.1, 0.15) is 6.10 Å². The maximum atomic E-state index is 9.94. The van der Waals surface area contributed by atoms with Crippen LogP contribution >= 0.6 is 0 Å². The molecule has 4 nitrogen and oxygen atoms in total. The average Bonchev–Trinajstić information content (AvgIpc) is 2.75. The summed E-state index contributed by atoms with van der Waals surface area (Å²) in [6.45, 7) is 2.08. The summed E-state index contributed by atoms with van der Waals surface area (Å²) in [6.07, 6.45) is 2.10. The third kappa shape index (κ3) is 2.74. The molecule has 0 aromatic heterocycles. The fourth-order valence-corrected chi connectivity index (χ4v) is 2.56. The fraction of sp³-hybridized carbons (Fsp3) is 1.00. The molecular formula is C12H22O4. The normalized spacial score (nSPS) is 44.6. The predicted octanol–water partition coefficient (Wildman–Crippen LogP) is 0.437. The molecule has 1 saturated carbocycles. The second-order valence-electron chi connectivity index (χ2n) is 5.18. The molecule has 0 aromatic rings. The van der Waals surface area contributed by atoms with Crippen LogP contribution in [-0.2, 0) is 4.74 Å². The molecule has 0 spiro atoms. The molecular weight excluding hydrogens is 208 g/mol. The maximum absolute atomic E-state index is 9.94. The van der Waals surface area contributed by atoms with Crippen molar-refractivity contribution < 1.29 is 20.1 Å². The van der Waals surface area contributed by atoms with Crippen LogP contribution in [0.4, 0.5) is 0 Å². The highest BCUT2D eigenvalue weighted by molar-refractivity contribution is 4.93. The number of aliphatic hydroxyl groups excluding tert-OH is 3. The van der Waals surface area contributed by atoms with E-state index in [9.17, 15) is 15.3 Å². The molecule has 1 aliphatic carbocycles. The summed E-state index contributed by atoms with van der Waals surface area (Å²) < 4.78 is 5.66. The molecule has 1 aliphatic heterocycles. The number of ether oxygens (including phenoxy) is 1. The predicted molar refractivity (Wildman–Crippen MR) is 58.9 cm³/mol. The zero-order chi connectivity index (χ0) is 11.7. The first-order valence-electron chi connectivity index (χ1n) is 6.31. The summed E-state index contributed by atoms with van der Waals surface area (Å²) in [6, 6.07) is 0. The van der Waals surface area contributed by atoms with Crippen molar-refractivity contribution in [2.45, 2.75) is 69.5 Å². The Morgan fingerprint density at radius 1 is 1.25 bits per heavy atom. The monoisotopic (exact) mass is 230 g/mol. The maximum Gasteiger partial charge on any atom is 0.110 e. The van der Waals surface area contributed by atoms with Gasteiger partial charge in [-0.1, -0.05) is 13.3 Å². The molecule has 2 fully saturated rings. The molecule has 0 amide bonds. The van der Waals surface area contributed by atoms with Crippen LogP contribution in [-0.4, -0.2) is 45.8 Å². The summed E-state index contributed by atoms with van der Waals surface area (Å²) in [7, 11) is 0. The molecule has 2 rings (SSSR count). The lowest BCUT2D eigenvalue weighted by Crippen LogP contribution is -2.35. The van der Waals surface area contributed by atoms with Gasteiger partial charge in [-0.25, -0.2) is 0 Å². The third-order valence-electron chi connectivity index (χ3n) is 3.65. The number of hydrogen-bond acceptors (Lipinski definition) is 4. The number of hydrogen-bond donors (Lipinski definition) is 3. The van der Waals surface area contributed by atoms with Gasteiger partial charge < -0.3 is 20.1 Å². The van der Waals surface area contributed by atoms with Gasteiger partial charge in [0.2, 0.25) is 0 Å². The van der Waals surface area contributed by atoms with E-state index in [1.54, 1.807) is 0 Å². The van der Waals surface area contributed by atoms with Crippen molar-refractivity contribution in [2.24, 2.45) is 5.92 Å². The molecule has 2 aliphatic rings. The molecule has 6 atom stereocenters. The van der Waals surface area contributed by atoms with Gasteiger partial charge >= 0.3 is 0 Å². The summed E-state index contributed by atoms with van der Waals surface area (Å²) in [5, 5.41) is 29.0. The first-order valence-corrected chi connectivity index (χ1v) is 6.31. The molecule has 0 aromatic carbocycles. The van der Waals surface area contributed by atoms with Gasteiger partial charge in [0, 0.05) is 6.42 Å². The third-order valence-corrected chi connectivity index (χ3v) is 3.65. The van der Waals surface area contributed by atoms with Gasteiger partial charge in [0.25, 0.3) is 0 Å². The first kappa shape index (κ1) is 12.3. The van der Waals surface area contributed by atoms with E-state index in [1.165, 1.54) is 0 Å². The first-order chi connectivity index (χ1) is 7.61. The largest absolute Gasteiger partial charge is 0.393 e. The molecule has 3 N–H and O–H groups in total. The van der Waals surface area contributed by atoms with E-state index < -0.39 is 18.3 Å². The van der Waals surface area contributed by atoms with Crippen LogP contribution in [0.2, 0.25) is 0 Å². The van der Waals surface area contributed by atoms with Crippen LogP contribution in [0, 0.1) is 5.92 Å². The minimum absolute atomic E-state index is 0.0868. The SMILES string of the molecule is CCC[C@@H]1C[C@@H](O)[C@H](C(O)C[C@@H]2C[C@H]2O)O1. The molecule has 1 heterocycles. The highest BCUT2D eigenvalue weighted by Gasteiger charge is 2.43. The van der Waals surface area contributed by atoms with Crippen LogP contribution < -0.4 is 0 Å². The van der Waals surface area contributed by atoms with E-state index in [1.807, 2.05) is 0 Å². The zero-order valence-electron chi connectivity index (χ0n) is 9.75. The number of aliphatic hydroxyl groups is 3. The van der Waals surface area contributed by atoms with Crippen molar-refractivity contribution in [3.63, 3.8) is 0 Å². The summed E-state index contributed by atoms with van der Waals surface area (Å²) in [5.74, 6) is 0.205. The van der Waals surface area contributed by atoms with Crippen molar-refractivity contribution in [1.82, 2.24) is 0 Å². The van der Waals surface area contributed by atoms with Gasteiger partial charge in [-0.3, -0.25) is 0 Å². The van der Waals surface area contributed by atoms with Gasteiger partial charge in [-0.2, -0.15) is 0 Å². The average molecular weight is 230 g/mol. The Morgan fingerprint density at radius 2 is 1.94 bits per heavy atom. The van der Waals surface area contributed by atoms with Crippen LogP contribution in [0.1, 0.15) is 39.0 Å². The second-order valence-corrected chi connectivity index (χ2v) is 5.18. The molecule has 4 heteroatoms. The Hall–Kier alpha value is -0.160. The highest BCUT2D eigenvalue weighted by atomic mass is 16.5. The fourth-order valence-electron chi connectivity index (χ4n) is 2.56. The Kier molecular flexibility index (Phi) is 3.85. The minimum Gasteiger partial charge on any atom is -0.393 e. The second kappa shape index (κ2) is 5.00. The molecule has 0 radical (unpaired) electrons. The lowest BCUT2D eigenvalue weighted by Gasteiger charge is -2.21. The lowest BCUT2D eigenvalue weighted by atomic mass is 10.0. The van der Waals surface area contributed by atoms with E-state index in [0.717, 1.165) is 19.3 Å². The molecule has 0 bridgehead atoms. The van der Waals surface area contributed by atoms with Crippen LogP contribution in [0.5, 0.6) is 0 Å². The van der Waals surface area contributed by atoms with Crippen molar-refractivity contribution in [3.8, 4) is 0 Å². The summed E-state index contributed by atoms with van der Waals surface area (Å²) in [5.41, 5.74) is 0. The molecule has 1 unspecified atom stereocenters. The summed E-state index contributed by atoms with van der Waals surface area (Å²) >= 11 is 0. The lowest BCUT2D eigenvalue weighted by molar-refractivity contribution is -0.0714. The number of rotatable bonds is 5. The Morgan fingerprint density at radius 3 is 2.50 bits per heavy atom. The van der Waals surface area contributed by atoms with Crippen LogP contribution in [0.3, 0.4) is 0 Å². The van der Waals surface area contributed by atoms with Crippen molar-refractivity contribution >= 4 is 0 Å². The van der Waals surface area contributed by atoms with Crippen molar-refractivity contribution in [3.05, 3.63) is 0 Å². The topological polar surface area (TPSA) is 69.9 Å². The van der Waals surface area contributed by atoms with Crippen molar-refractivity contribution in [1.29, 1.82) is 0 Å². The smallest absolute Gasteiger partial charge is 0.110 e. The highest BCUT2D eigenvalue weighted by Crippen LogP contribution is 2.37. The van der Waals surface area contributed by atoms with Crippen LogP contribution in [0.15, 0.2) is 0 Å². The van der Waals surface area contributed by atoms with Gasteiger partial charge in [-0.15, -0.1) is 0 Å².